The van der Waals surface area contributed by atoms with Gasteiger partial charge < -0.3 is 14.2 Å². The highest BCUT2D eigenvalue weighted by Gasteiger charge is 2.19. The lowest BCUT2D eigenvalue weighted by atomic mass is 10.0. The third kappa shape index (κ3) is 61.3. The topological polar surface area (TPSA) is 78.9 Å². The molecule has 0 radical (unpaired) electrons. The Morgan fingerprint density at radius 2 is 0.520 bits per heavy atom. The number of hydrogen-bond donors (Lipinski definition) is 0. The largest absolute Gasteiger partial charge is 0.462 e. The van der Waals surface area contributed by atoms with Gasteiger partial charge in [-0.15, -0.1) is 0 Å². The predicted octanol–water partition coefficient (Wildman–Crippen LogP) is 21.9. The van der Waals surface area contributed by atoms with Gasteiger partial charge in [-0.1, -0.05) is 266 Å². The van der Waals surface area contributed by atoms with Crippen LogP contribution in [-0.2, 0) is 28.6 Å². The summed E-state index contributed by atoms with van der Waals surface area (Å²) in [6, 6.07) is 0. The van der Waals surface area contributed by atoms with E-state index in [1.807, 2.05) is 0 Å². The molecule has 0 amide bonds. The molecular weight excluding hydrogens is 925 g/mol. The number of esters is 3. The van der Waals surface area contributed by atoms with Gasteiger partial charge in [-0.3, -0.25) is 14.4 Å². The molecule has 0 aliphatic rings. The van der Waals surface area contributed by atoms with Crippen molar-refractivity contribution in [3.05, 3.63) is 85.1 Å². The maximum absolute atomic E-state index is 12.9. The summed E-state index contributed by atoms with van der Waals surface area (Å²) in [5, 5.41) is 0. The van der Waals surface area contributed by atoms with Crippen LogP contribution in [0.2, 0.25) is 0 Å². The fraction of sp³-hybridized carbons (Fsp3) is 0.754. The number of allylic oxidation sites excluding steroid dienone is 14. The lowest BCUT2D eigenvalue weighted by Crippen LogP contribution is -2.30. The molecule has 0 N–H and O–H groups in total. The van der Waals surface area contributed by atoms with E-state index in [2.05, 4.69) is 106 Å². The number of ether oxygens (including phenoxy) is 3. The minimum Gasteiger partial charge on any atom is -0.462 e. The Morgan fingerprint density at radius 1 is 0.280 bits per heavy atom. The Labute approximate surface area is 465 Å². The molecule has 0 aromatic carbocycles. The molecule has 432 valence electrons. The second-order valence-electron chi connectivity index (χ2n) is 21.3. The first-order valence-corrected chi connectivity index (χ1v) is 32.1. The van der Waals surface area contributed by atoms with Gasteiger partial charge in [0.1, 0.15) is 13.2 Å². The maximum Gasteiger partial charge on any atom is 0.306 e. The molecule has 0 saturated carbocycles. The van der Waals surface area contributed by atoms with Gasteiger partial charge in [-0.05, 0) is 116 Å². The molecule has 0 bridgehead atoms. The minimum atomic E-state index is -0.786. The van der Waals surface area contributed by atoms with E-state index in [1.165, 1.54) is 161 Å². The molecule has 1 unspecified atom stereocenters. The van der Waals surface area contributed by atoms with E-state index in [0.717, 1.165) is 116 Å². The molecule has 75 heavy (non-hydrogen) atoms. The van der Waals surface area contributed by atoms with Crippen molar-refractivity contribution in [3.8, 4) is 0 Å². The first-order valence-electron chi connectivity index (χ1n) is 32.1. The normalized spacial score (nSPS) is 12.6. The first kappa shape index (κ1) is 71.6. The summed E-state index contributed by atoms with van der Waals surface area (Å²) in [6.45, 7) is 6.49. The number of unbranched alkanes of at least 4 members (excludes halogenated alkanes) is 33. The van der Waals surface area contributed by atoms with Crippen molar-refractivity contribution < 1.29 is 28.6 Å². The van der Waals surface area contributed by atoms with Crippen molar-refractivity contribution in [2.45, 2.75) is 322 Å². The van der Waals surface area contributed by atoms with E-state index in [9.17, 15) is 14.4 Å². The van der Waals surface area contributed by atoms with Gasteiger partial charge >= 0.3 is 17.9 Å². The lowest BCUT2D eigenvalue weighted by molar-refractivity contribution is -0.167. The molecule has 0 fully saturated rings. The predicted molar refractivity (Wildman–Crippen MR) is 325 cm³/mol. The van der Waals surface area contributed by atoms with Crippen LogP contribution in [-0.4, -0.2) is 37.2 Å². The van der Waals surface area contributed by atoms with Crippen LogP contribution in [0.25, 0.3) is 0 Å². The van der Waals surface area contributed by atoms with Gasteiger partial charge in [0.05, 0.1) is 0 Å². The van der Waals surface area contributed by atoms with Crippen LogP contribution in [0.3, 0.4) is 0 Å². The summed E-state index contributed by atoms with van der Waals surface area (Å²) in [7, 11) is 0. The fourth-order valence-electron chi connectivity index (χ4n) is 9.05. The van der Waals surface area contributed by atoms with Crippen molar-refractivity contribution in [1.29, 1.82) is 0 Å². The van der Waals surface area contributed by atoms with Crippen molar-refractivity contribution in [2.24, 2.45) is 0 Å². The van der Waals surface area contributed by atoms with Crippen LogP contribution in [0.5, 0.6) is 0 Å². The Morgan fingerprint density at radius 3 is 0.853 bits per heavy atom. The molecule has 1 atom stereocenters. The maximum atomic E-state index is 12.9. The quantitative estimate of drug-likeness (QED) is 0.0261. The molecular formula is C69H120O6. The molecule has 6 nitrogen and oxygen atoms in total. The Hall–Kier alpha value is -3.41. The average Bonchev–Trinajstić information content (AvgIpc) is 3.41. The van der Waals surface area contributed by atoms with Gasteiger partial charge in [0.15, 0.2) is 6.10 Å². The lowest BCUT2D eigenvalue weighted by Gasteiger charge is -2.18. The van der Waals surface area contributed by atoms with Crippen LogP contribution < -0.4 is 0 Å². The molecule has 0 aromatic heterocycles. The molecule has 0 rings (SSSR count). The zero-order valence-electron chi connectivity index (χ0n) is 49.6. The number of hydrogen-bond acceptors (Lipinski definition) is 6. The van der Waals surface area contributed by atoms with E-state index in [4.69, 9.17) is 14.2 Å². The van der Waals surface area contributed by atoms with E-state index in [-0.39, 0.29) is 31.1 Å². The fourth-order valence-corrected chi connectivity index (χ4v) is 9.05. The van der Waals surface area contributed by atoms with Gasteiger partial charge in [0.25, 0.3) is 0 Å². The van der Waals surface area contributed by atoms with Crippen LogP contribution >= 0.6 is 0 Å². The highest BCUT2D eigenvalue weighted by molar-refractivity contribution is 5.71. The highest BCUT2D eigenvalue weighted by atomic mass is 16.6. The monoisotopic (exact) mass is 1040 g/mol. The van der Waals surface area contributed by atoms with Crippen LogP contribution in [0.15, 0.2) is 85.1 Å². The van der Waals surface area contributed by atoms with E-state index in [0.29, 0.717) is 19.3 Å². The van der Waals surface area contributed by atoms with Crippen LogP contribution in [0, 0.1) is 0 Å². The van der Waals surface area contributed by atoms with Crippen molar-refractivity contribution in [1.82, 2.24) is 0 Å². The number of carbonyl (C=O) groups excluding carboxylic acids is 3. The van der Waals surface area contributed by atoms with E-state index in [1.54, 1.807) is 0 Å². The minimum absolute atomic E-state index is 0.0824. The molecule has 0 aromatic rings. The molecule has 0 spiro atoms. The summed E-state index contributed by atoms with van der Waals surface area (Å²) in [6.07, 6.45) is 83.1. The molecule has 0 heterocycles. The zero-order chi connectivity index (χ0) is 54.3. The van der Waals surface area contributed by atoms with Crippen LogP contribution in [0.4, 0.5) is 0 Å². The van der Waals surface area contributed by atoms with E-state index < -0.39 is 6.10 Å². The van der Waals surface area contributed by atoms with E-state index >= 15 is 0 Å². The Bertz CT molecular complexity index is 1430. The van der Waals surface area contributed by atoms with Crippen molar-refractivity contribution in [3.63, 3.8) is 0 Å². The standard InChI is InChI=1S/C69H120O6/c1-4-7-10-13-16-19-22-25-27-28-29-30-31-32-33-34-35-36-37-38-39-40-42-44-47-50-53-56-59-62-68(71)74-65-66(64-73-67(70)61-58-55-52-49-46-43-24-21-18-15-12-9-6-3)75-69(72)63-60-57-54-51-48-45-41-26-23-20-17-14-11-8-5-2/h7,10,16-17,19-21,24-27,29-30,41,66H,4-6,8-9,11-15,18,22-23,28,31-40,42-65H2,1-3H3/b10-7-,19-16-,20-17-,24-21-,27-25-,30-29-,41-26-. The summed E-state index contributed by atoms with van der Waals surface area (Å²) in [5.74, 6) is -0.894. The molecule has 0 saturated heterocycles. The first-order chi connectivity index (χ1) is 37.0. The Kier molecular flexibility index (Phi) is 60.3. The zero-order valence-corrected chi connectivity index (χ0v) is 49.6. The highest BCUT2D eigenvalue weighted by Crippen LogP contribution is 2.16. The molecule has 6 heteroatoms. The van der Waals surface area contributed by atoms with Gasteiger partial charge in [-0.2, -0.15) is 0 Å². The van der Waals surface area contributed by atoms with Crippen LogP contribution in [0.1, 0.15) is 316 Å². The number of carbonyl (C=O) groups is 3. The average molecular weight is 1050 g/mol. The second kappa shape index (κ2) is 63.1. The SMILES string of the molecule is CC/C=C\C/C=C\C/C=C\C/C=C\CCCCCCCCCCCCCCCCCCC(=O)OCC(COC(=O)CCCCCCC/C=C\CCCCCC)OC(=O)CCCCCCC/C=C\C/C=C\CCCCC. The molecule has 0 aliphatic carbocycles. The van der Waals surface area contributed by atoms with Gasteiger partial charge in [0.2, 0.25) is 0 Å². The third-order valence-electron chi connectivity index (χ3n) is 13.9. The summed E-state index contributed by atoms with van der Waals surface area (Å²) < 4.78 is 16.9. The third-order valence-corrected chi connectivity index (χ3v) is 13.9. The Balaban J connectivity index is 4.22. The smallest absolute Gasteiger partial charge is 0.306 e. The van der Waals surface area contributed by atoms with Gasteiger partial charge in [0, 0.05) is 19.3 Å². The summed E-state index contributed by atoms with van der Waals surface area (Å²) in [5.41, 5.74) is 0. The number of rotatable bonds is 58. The van der Waals surface area contributed by atoms with Gasteiger partial charge in [-0.25, -0.2) is 0 Å². The second-order valence-corrected chi connectivity index (χ2v) is 21.3. The summed E-state index contributed by atoms with van der Waals surface area (Å²) >= 11 is 0. The van der Waals surface area contributed by atoms with Crippen molar-refractivity contribution >= 4 is 17.9 Å². The van der Waals surface area contributed by atoms with Crippen molar-refractivity contribution in [2.75, 3.05) is 13.2 Å². The molecule has 0 aliphatic heterocycles. The summed E-state index contributed by atoms with van der Waals surface area (Å²) in [4.78, 5) is 38.2.